The van der Waals surface area contributed by atoms with E-state index >= 15 is 0 Å². The molecule has 0 amide bonds. The number of benzene rings is 2. The van der Waals surface area contributed by atoms with E-state index < -0.39 is 8.24 Å². The number of aromatic nitrogens is 2. The van der Waals surface area contributed by atoms with Gasteiger partial charge >= 0.3 is 8.24 Å². The molecule has 5 nitrogen and oxygen atoms in total. The number of hydrogen-bond donors (Lipinski definition) is 0. The van der Waals surface area contributed by atoms with Crippen LogP contribution in [-0.2, 0) is 25.7 Å². The molecular formula is C33H33N2O3P. The molecule has 0 saturated heterocycles. The summed E-state index contributed by atoms with van der Waals surface area (Å²) in [5, 5.41) is 2.45. The topological polar surface area (TPSA) is 61.3 Å². The van der Waals surface area contributed by atoms with Gasteiger partial charge in [0.2, 0.25) is 0 Å². The van der Waals surface area contributed by atoms with Crippen LogP contribution >= 0.6 is 8.24 Å². The van der Waals surface area contributed by atoms with Crippen LogP contribution in [0.2, 0.25) is 0 Å². The summed E-state index contributed by atoms with van der Waals surface area (Å²) in [6.07, 6.45) is 16.5. The Labute approximate surface area is 229 Å². The van der Waals surface area contributed by atoms with E-state index in [0.29, 0.717) is 0 Å². The van der Waals surface area contributed by atoms with Crippen LogP contribution in [0.3, 0.4) is 0 Å². The van der Waals surface area contributed by atoms with Crippen molar-refractivity contribution in [2.45, 2.75) is 71.3 Å². The first-order chi connectivity index (χ1) is 19.2. The lowest BCUT2D eigenvalue weighted by atomic mass is 9.81. The van der Waals surface area contributed by atoms with Gasteiger partial charge in [0.15, 0.2) is 11.2 Å². The van der Waals surface area contributed by atoms with E-state index in [1.165, 1.54) is 58.7 Å². The summed E-state index contributed by atoms with van der Waals surface area (Å²) in [6.45, 7) is 4.07. The Kier molecular flexibility index (Phi) is 6.50. The molecule has 2 aliphatic rings. The minimum absolute atomic E-state index is 0.0369. The fourth-order valence-electron chi connectivity index (χ4n) is 6.36. The van der Waals surface area contributed by atoms with Crippen molar-refractivity contribution in [1.29, 1.82) is 0 Å². The standard InChI is InChI=1S/C33H33N2O3P/c1-21(2)36-39-37-32-28(22-11-15-34-16-12-22)19-24-7-3-5-9-26(24)30(32)31-27-10-6-4-8-25(27)20-29(33(31)38-39)23-13-17-35-18-14-23/h11-21H,3-10H2,1-2H3. The Hall–Kier alpha value is -3.40. The van der Waals surface area contributed by atoms with E-state index in [9.17, 15) is 0 Å². The van der Waals surface area contributed by atoms with Crippen molar-refractivity contribution in [3.63, 3.8) is 0 Å². The first kappa shape index (κ1) is 24.6. The average Bonchev–Trinajstić information content (AvgIpc) is 3.14. The fourth-order valence-corrected chi connectivity index (χ4v) is 7.51. The molecule has 3 aromatic heterocycles. The maximum absolute atomic E-state index is 6.87. The molecule has 5 aromatic rings. The molecule has 0 bridgehead atoms. The molecule has 0 saturated carbocycles. The van der Waals surface area contributed by atoms with Crippen LogP contribution in [0.15, 0.2) is 69.6 Å². The number of aryl methyl sites for hydroxylation is 4. The number of pyridine rings is 2. The second kappa shape index (κ2) is 10.3. The molecule has 0 spiro atoms. The van der Waals surface area contributed by atoms with Gasteiger partial charge < -0.3 is 8.39 Å². The van der Waals surface area contributed by atoms with Crippen LogP contribution in [0.25, 0.3) is 44.2 Å². The zero-order valence-electron chi connectivity index (χ0n) is 22.6. The minimum atomic E-state index is -1.68. The quantitative estimate of drug-likeness (QED) is 0.229. The predicted molar refractivity (Wildman–Crippen MR) is 158 cm³/mol. The van der Waals surface area contributed by atoms with E-state index in [2.05, 4.69) is 46.4 Å². The maximum atomic E-state index is 6.87. The zero-order valence-corrected chi connectivity index (χ0v) is 23.5. The smallest absolute Gasteiger partial charge is 0.387 e. The normalized spacial score (nSPS) is 14.9. The molecule has 39 heavy (non-hydrogen) atoms. The Morgan fingerprint density at radius 2 is 1.10 bits per heavy atom. The van der Waals surface area contributed by atoms with Crippen LogP contribution in [0.4, 0.5) is 0 Å². The molecule has 198 valence electrons. The van der Waals surface area contributed by atoms with Crippen LogP contribution in [-0.4, -0.2) is 16.1 Å². The van der Waals surface area contributed by atoms with Gasteiger partial charge in [-0.25, -0.2) is 0 Å². The number of nitrogens with zero attached hydrogens (tertiary/aromatic N) is 2. The monoisotopic (exact) mass is 536 g/mol. The Bertz CT molecular complexity index is 1590. The lowest BCUT2D eigenvalue weighted by molar-refractivity contribution is 0.300. The van der Waals surface area contributed by atoms with E-state index in [-0.39, 0.29) is 6.10 Å². The van der Waals surface area contributed by atoms with Crippen molar-refractivity contribution < 1.29 is 12.9 Å². The van der Waals surface area contributed by atoms with Gasteiger partial charge in [-0.15, -0.1) is 0 Å². The highest BCUT2D eigenvalue weighted by molar-refractivity contribution is 7.31. The lowest BCUT2D eigenvalue weighted by Gasteiger charge is -2.23. The molecule has 0 unspecified atom stereocenters. The summed E-state index contributed by atoms with van der Waals surface area (Å²) in [5.74, 6) is 0. The molecule has 0 aliphatic heterocycles. The van der Waals surface area contributed by atoms with Crippen molar-refractivity contribution in [3.05, 3.63) is 83.4 Å². The molecule has 0 N–H and O–H groups in total. The SMILES string of the molecule is CC(C)Op1oc2c(-c3ccncc3)cc3c(c2c2c4c(cc(-c5ccncc5)c2o1)CCCC4)CCCC3. The molecule has 6 heteroatoms. The highest BCUT2D eigenvalue weighted by Crippen LogP contribution is 2.47. The van der Waals surface area contributed by atoms with Gasteiger partial charge in [0.05, 0.1) is 6.10 Å². The Morgan fingerprint density at radius 1 is 0.667 bits per heavy atom. The average molecular weight is 537 g/mol. The lowest BCUT2D eigenvalue weighted by Crippen LogP contribution is -2.07. The third-order valence-electron chi connectivity index (χ3n) is 8.07. The van der Waals surface area contributed by atoms with Crippen molar-refractivity contribution in [1.82, 2.24) is 9.97 Å². The summed E-state index contributed by atoms with van der Waals surface area (Å²) >= 11 is 0. The van der Waals surface area contributed by atoms with Gasteiger partial charge in [-0.3, -0.25) is 14.5 Å². The first-order valence-corrected chi connectivity index (χ1v) is 15.3. The van der Waals surface area contributed by atoms with Crippen molar-refractivity contribution in [3.8, 4) is 22.3 Å². The minimum Gasteiger partial charge on any atom is -0.398 e. The maximum Gasteiger partial charge on any atom is 0.387 e. The van der Waals surface area contributed by atoms with E-state index in [1.54, 1.807) is 0 Å². The highest BCUT2D eigenvalue weighted by atomic mass is 31.1. The van der Waals surface area contributed by atoms with Crippen LogP contribution in [0.1, 0.15) is 61.8 Å². The molecular weight excluding hydrogens is 503 g/mol. The Balaban J connectivity index is 1.73. The highest BCUT2D eigenvalue weighted by Gasteiger charge is 2.26. The van der Waals surface area contributed by atoms with Crippen LogP contribution in [0.5, 0.6) is 0 Å². The molecule has 2 aromatic carbocycles. The van der Waals surface area contributed by atoms with Crippen molar-refractivity contribution in [2.24, 2.45) is 0 Å². The van der Waals surface area contributed by atoms with Crippen molar-refractivity contribution in [2.75, 3.05) is 0 Å². The summed E-state index contributed by atoms with van der Waals surface area (Å²) in [6, 6.07) is 13.0. The van der Waals surface area contributed by atoms with Gasteiger partial charge in [-0.1, -0.05) is 0 Å². The molecule has 0 radical (unpaired) electrons. The van der Waals surface area contributed by atoms with Gasteiger partial charge in [-0.2, -0.15) is 0 Å². The van der Waals surface area contributed by atoms with Gasteiger partial charge in [-0.05, 0) is 135 Å². The largest absolute Gasteiger partial charge is 0.398 e. The molecule has 7 rings (SSSR count). The Morgan fingerprint density at radius 3 is 1.54 bits per heavy atom. The third-order valence-corrected chi connectivity index (χ3v) is 9.32. The van der Waals surface area contributed by atoms with Gasteiger partial charge in [0, 0.05) is 46.7 Å². The summed E-state index contributed by atoms with van der Waals surface area (Å²) in [4.78, 5) is 8.58. The number of rotatable bonds is 4. The van der Waals surface area contributed by atoms with Crippen LogP contribution in [0, 0.1) is 0 Å². The van der Waals surface area contributed by atoms with E-state index in [1.807, 2.05) is 38.6 Å². The van der Waals surface area contributed by atoms with E-state index in [4.69, 9.17) is 12.9 Å². The first-order valence-electron chi connectivity index (χ1n) is 14.2. The zero-order chi connectivity index (χ0) is 26.3. The van der Waals surface area contributed by atoms with Gasteiger partial charge in [0.1, 0.15) is 0 Å². The summed E-state index contributed by atoms with van der Waals surface area (Å²) in [5.41, 5.74) is 11.9. The number of hydrogen-bond acceptors (Lipinski definition) is 5. The van der Waals surface area contributed by atoms with E-state index in [0.717, 1.165) is 59.1 Å². The molecule has 3 heterocycles. The summed E-state index contributed by atoms with van der Waals surface area (Å²) < 4.78 is 20.1. The summed E-state index contributed by atoms with van der Waals surface area (Å²) in [7, 11) is -1.68. The number of fused-ring (bicyclic) bond motifs is 7. The molecule has 0 atom stereocenters. The second-order valence-corrected chi connectivity index (χ2v) is 12.0. The van der Waals surface area contributed by atoms with Crippen molar-refractivity contribution >= 4 is 30.2 Å². The molecule has 2 aliphatic carbocycles. The second-order valence-electron chi connectivity index (χ2n) is 11.0. The van der Waals surface area contributed by atoms with Crippen LogP contribution < -0.4 is 4.52 Å². The third kappa shape index (κ3) is 4.48. The predicted octanol–water partition coefficient (Wildman–Crippen LogP) is 9.01. The fraction of sp³-hybridized carbons (Fsp3) is 0.333. The van der Waals surface area contributed by atoms with Gasteiger partial charge in [0.25, 0.3) is 0 Å². The molecule has 0 fully saturated rings.